The van der Waals surface area contributed by atoms with Crippen molar-refractivity contribution in [1.29, 1.82) is 0 Å². The molecule has 1 N–H and O–H groups in total. The molecule has 0 saturated heterocycles. The molecule has 4 nitrogen and oxygen atoms in total. The highest BCUT2D eigenvalue weighted by molar-refractivity contribution is 5.45. The average Bonchev–Trinajstić information content (AvgIpc) is 2.38. The lowest BCUT2D eigenvalue weighted by molar-refractivity contribution is -0.385. The maximum Gasteiger partial charge on any atom is 0.272 e. The minimum atomic E-state index is -0.326. The van der Waals surface area contributed by atoms with Crippen molar-refractivity contribution in [1.82, 2.24) is 0 Å². The van der Waals surface area contributed by atoms with Crippen LogP contribution in [0.5, 0.6) is 0 Å². The normalized spacial score (nSPS) is 24.8. The minimum Gasteiger partial charge on any atom is -0.393 e. The molecular weight excluding hydrogens is 242 g/mol. The van der Waals surface area contributed by atoms with Gasteiger partial charge in [0.25, 0.3) is 5.69 Å². The minimum absolute atomic E-state index is 0.108. The van der Waals surface area contributed by atoms with E-state index < -0.39 is 0 Å². The highest BCUT2D eigenvalue weighted by Crippen LogP contribution is 2.57. The van der Waals surface area contributed by atoms with E-state index in [1.807, 2.05) is 12.1 Å². The second kappa shape index (κ2) is 4.93. The van der Waals surface area contributed by atoms with Crippen LogP contribution in [-0.4, -0.2) is 16.1 Å². The molecule has 0 aromatic heterocycles. The fraction of sp³-hybridized carbons (Fsp3) is 0.600. The van der Waals surface area contributed by atoms with Gasteiger partial charge in [-0.2, -0.15) is 0 Å². The molecular formula is C15H21NO3. The summed E-state index contributed by atoms with van der Waals surface area (Å²) in [4.78, 5) is 10.7. The van der Waals surface area contributed by atoms with Gasteiger partial charge in [-0.1, -0.05) is 26.0 Å². The molecule has 2 rings (SSSR count). The van der Waals surface area contributed by atoms with Crippen molar-refractivity contribution in [3.8, 4) is 0 Å². The summed E-state index contributed by atoms with van der Waals surface area (Å²) in [5.74, 6) is 0.233. The predicted molar refractivity (Wildman–Crippen MR) is 74.2 cm³/mol. The molecule has 2 unspecified atom stereocenters. The number of aliphatic hydroxyl groups excluding tert-OH is 1. The van der Waals surface area contributed by atoms with E-state index in [1.54, 1.807) is 13.0 Å². The number of nitro benzene ring substituents is 1. The predicted octanol–water partition coefficient (Wildman–Crippen LogP) is 3.56. The topological polar surface area (TPSA) is 63.4 Å². The summed E-state index contributed by atoms with van der Waals surface area (Å²) in [5, 5.41) is 21.1. The first-order valence-electron chi connectivity index (χ1n) is 6.89. The molecule has 1 aromatic rings. The van der Waals surface area contributed by atoms with Gasteiger partial charge in [0, 0.05) is 17.0 Å². The highest BCUT2D eigenvalue weighted by Gasteiger charge is 2.52. The molecule has 0 radical (unpaired) electrons. The maximum atomic E-state index is 11.0. The Morgan fingerprint density at radius 2 is 2.05 bits per heavy atom. The number of hydrogen-bond donors (Lipinski definition) is 1. The third-order valence-electron chi connectivity index (χ3n) is 4.97. The molecule has 0 amide bonds. The lowest BCUT2D eigenvalue weighted by Crippen LogP contribution is -2.50. The van der Waals surface area contributed by atoms with Gasteiger partial charge >= 0.3 is 0 Å². The number of benzene rings is 1. The van der Waals surface area contributed by atoms with Crippen molar-refractivity contribution in [3.63, 3.8) is 0 Å². The molecule has 1 fully saturated rings. The van der Waals surface area contributed by atoms with Gasteiger partial charge < -0.3 is 5.11 Å². The van der Waals surface area contributed by atoms with Crippen LogP contribution in [-0.2, 0) is 0 Å². The van der Waals surface area contributed by atoms with Crippen molar-refractivity contribution in [2.45, 2.75) is 52.1 Å². The van der Waals surface area contributed by atoms with Crippen LogP contribution in [0.25, 0.3) is 0 Å². The number of nitro groups is 1. The SMILES string of the molecule is CCC1(CC)C(O)CC1c1ccc(C)c([N+](=O)[O-])c1. The van der Waals surface area contributed by atoms with Gasteiger partial charge in [-0.25, -0.2) is 0 Å². The van der Waals surface area contributed by atoms with Crippen molar-refractivity contribution in [3.05, 3.63) is 39.4 Å². The number of nitrogens with zero attached hydrogens (tertiary/aromatic N) is 1. The molecule has 0 bridgehead atoms. The molecule has 1 aliphatic carbocycles. The zero-order chi connectivity index (χ0) is 14.2. The van der Waals surface area contributed by atoms with Crippen LogP contribution in [0, 0.1) is 22.5 Å². The molecule has 0 spiro atoms. The number of rotatable bonds is 4. The number of aliphatic hydroxyl groups is 1. The van der Waals surface area contributed by atoms with Gasteiger partial charge in [-0.05, 0) is 37.7 Å². The van der Waals surface area contributed by atoms with E-state index in [2.05, 4.69) is 13.8 Å². The van der Waals surface area contributed by atoms with Gasteiger partial charge in [0.05, 0.1) is 11.0 Å². The quantitative estimate of drug-likeness (QED) is 0.667. The summed E-state index contributed by atoms with van der Waals surface area (Å²) in [5.41, 5.74) is 1.75. The lowest BCUT2D eigenvalue weighted by atomic mass is 9.53. The van der Waals surface area contributed by atoms with Crippen molar-refractivity contribution < 1.29 is 10.0 Å². The van der Waals surface area contributed by atoms with E-state index in [1.165, 1.54) is 0 Å². The molecule has 2 atom stereocenters. The first-order chi connectivity index (χ1) is 8.96. The Balaban J connectivity index is 2.38. The van der Waals surface area contributed by atoms with Gasteiger partial charge in [0.15, 0.2) is 0 Å². The Morgan fingerprint density at radius 1 is 1.42 bits per heavy atom. The molecule has 1 aromatic carbocycles. The van der Waals surface area contributed by atoms with E-state index >= 15 is 0 Å². The lowest BCUT2D eigenvalue weighted by Gasteiger charge is -2.53. The molecule has 4 heteroatoms. The largest absolute Gasteiger partial charge is 0.393 e. The van der Waals surface area contributed by atoms with Crippen LogP contribution >= 0.6 is 0 Å². The first kappa shape index (κ1) is 14.0. The molecule has 104 valence electrons. The Hall–Kier alpha value is -1.42. The Kier molecular flexibility index (Phi) is 3.63. The van der Waals surface area contributed by atoms with E-state index in [0.717, 1.165) is 18.4 Å². The third kappa shape index (κ3) is 2.04. The van der Waals surface area contributed by atoms with Crippen LogP contribution in [0.4, 0.5) is 5.69 Å². The molecule has 1 saturated carbocycles. The van der Waals surface area contributed by atoms with E-state index in [4.69, 9.17) is 0 Å². The van der Waals surface area contributed by atoms with Crippen LogP contribution in [0.1, 0.15) is 50.2 Å². The summed E-state index contributed by atoms with van der Waals surface area (Å²) >= 11 is 0. The molecule has 0 heterocycles. The number of aryl methyl sites for hydroxylation is 1. The van der Waals surface area contributed by atoms with Gasteiger partial charge in [0.1, 0.15) is 0 Å². The summed E-state index contributed by atoms with van der Waals surface area (Å²) < 4.78 is 0. The smallest absolute Gasteiger partial charge is 0.272 e. The van der Waals surface area contributed by atoms with Gasteiger partial charge in [0.2, 0.25) is 0 Å². The first-order valence-corrected chi connectivity index (χ1v) is 6.89. The molecule has 1 aliphatic rings. The third-order valence-corrected chi connectivity index (χ3v) is 4.97. The fourth-order valence-corrected chi connectivity index (χ4v) is 3.49. The van der Waals surface area contributed by atoms with Crippen LogP contribution in [0.2, 0.25) is 0 Å². The van der Waals surface area contributed by atoms with Crippen LogP contribution < -0.4 is 0 Å². The molecule has 19 heavy (non-hydrogen) atoms. The second-order valence-electron chi connectivity index (χ2n) is 5.55. The Bertz CT molecular complexity index is 494. The van der Waals surface area contributed by atoms with Crippen molar-refractivity contribution in [2.75, 3.05) is 0 Å². The fourth-order valence-electron chi connectivity index (χ4n) is 3.49. The van der Waals surface area contributed by atoms with Crippen LogP contribution in [0.15, 0.2) is 18.2 Å². The monoisotopic (exact) mass is 263 g/mol. The van der Waals surface area contributed by atoms with E-state index in [-0.39, 0.29) is 28.0 Å². The molecule has 0 aliphatic heterocycles. The van der Waals surface area contributed by atoms with Gasteiger partial charge in [-0.15, -0.1) is 0 Å². The summed E-state index contributed by atoms with van der Waals surface area (Å²) in [6.45, 7) is 5.92. The average molecular weight is 263 g/mol. The highest BCUT2D eigenvalue weighted by atomic mass is 16.6. The zero-order valence-corrected chi connectivity index (χ0v) is 11.7. The standard InChI is InChI=1S/C15H21NO3/c1-4-15(5-2)12(9-14(15)17)11-7-6-10(3)13(8-11)16(18)19/h6-8,12,14,17H,4-5,9H2,1-3H3. The van der Waals surface area contributed by atoms with Crippen molar-refractivity contribution >= 4 is 5.69 Å². The number of hydrogen-bond acceptors (Lipinski definition) is 3. The zero-order valence-electron chi connectivity index (χ0n) is 11.7. The summed E-state index contributed by atoms with van der Waals surface area (Å²) in [6.07, 6.45) is 2.23. The maximum absolute atomic E-state index is 11.0. The van der Waals surface area contributed by atoms with Crippen LogP contribution in [0.3, 0.4) is 0 Å². The van der Waals surface area contributed by atoms with E-state index in [0.29, 0.717) is 12.0 Å². The second-order valence-corrected chi connectivity index (χ2v) is 5.55. The van der Waals surface area contributed by atoms with E-state index in [9.17, 15) is 15.2 Å². The summed E-state index contributed by atoms with van der Waals surface area (Å²) in [7, 11) is 0. The summed E-state index contributed by atoms with van der Waals surface area (Å²) in [6, 6.07) is 5.47. The Labute approximate surface area is 113 Å². The Morgan fingerprint density at radius 3 is 2.53 bits per heavy atom. The van der Waals surface area contributed by atoms with Crippen molar-refractivity contribution in [2.24, 2.45) is 5.41 Å². The van der Waals surface area contributed by atoms with Gasteiger partial charge in [-0.3, -0.25) is 10.1 Å².